The molecule has 3 fully saturated rings. The summed E-state index contributed by atoms with van der Waals surface area (Å²) in [4.78, 5) is 14.3. The summed E-state index contributed by atoms with van der Waals surface area (Å²) in [5.41, 5.74) is 0.656. The van der Waals surface area contributed by atoms with E-state index in [0.717, 1.165) is 6.54 Å². The van der Waals surface area contributed by atoms with Gasteiger partial charge in [-0.3, -0.25) is 4.90 Å². The van der Waals surface area contributed by atoms with Crippen LogP contribution in [0.15, 0.2) is 30.3 Å². The maximum absolute atomic E-state index is 11.9. The van der Waals surface area contributed by atoms with Gasteiger partial charge in [-0.15, -0.1) is 12.4 Å². The largest absolute Gasteiger partial charge is 0.457 e. The minimum Gasteiger partial charge on any atom is -0.457 e. The maximum atomic E-state index is 11.9. The molecular weight excluding hydrogens is 250 g/mol. The molecule has 18 heavy (non-hydrogen) atoms. The van der Waals surface area contributed by atoms with Gasteiger partial charge >= 0.3 is 5.97 Å². The fraction of sp³-hybridized carbons (Fsp3) is 0.500. The Morgan fingerprint density at radius 1 is 1.17 bits per heavy atom. The molecular formula is C14H18ClNO2. The second kappa shape index (κ2) is 5.72. The van der Waals surface area contributed by atoms with Crippen molar-refractivity contribution in [3.63, 3.8) is 0 Å². The van der Waals surface area contributed by atoms with Gasteiger partial charge < -0.3 is 4.74 Å². The van der Waals surface area contributed by atoms with Crippen LogP contribution in [-0.2, 0) is 4.74 Å². The summed E-state index contributed by atoms with van der Waals surface area (Å²) < 4.78 is 5.63. The van der Waals surface area contributed by atoms with Crippen molar-refractivity contribution < 1.29 is 9.53 Å². The summed E-state index contributed by atoms with van der Waals surface area (Å²) in [5, 5.41) is 0. The fourth-order valence-corrected chi connectivity index (χ4v) is 2.82. The first kappa shape index (κ1) is 13.4. The third-order valence-corrected chi connectivity index (χ3v) is 3.86. The number of nitrogens with zero attached hydrogens (tertiary/aromatic N) is 1. The molecule has 0 N–H and O–H groups in total. The summed E-state index contributed by atoms with van der Waals surface area (Å²) in [6.45, 7) is 3.26. The van der Waals surface area contributed by atoms with E-state index in [2.05, 4.69) is 4.90 Å². The molecule has 1 aromatic rings. The zero-order valence-electron chi connectivity index (χ0n) is 10.2. The predicted octanol–water partition coefficient (Wildman–Crippen LogP) is 2.36. The Kier molecular flexibility index (Phi) is 4.25. The highest BCUT2D eigenvalue weighted by molar-refractivity contribution is 5.89. The molecule has 3 nitrogen and oxygen atoms in total. The highest BCUT2D eigenvalue weighted by Gasteiger charge is 2.36. The number of hydrogen-bond acceptors (Lipinski definition) is 3. The lowest BCUT2D eigenvalue weighted by molar-refractivity contribution is -0.0455. The minimum atomic E-state index is -0.177. The van der Waals surface area contributed by atoms with E-state index in [9.17, 15) is 4.79 Å². The van der Waals surface area contributed by atoms with Gasteiger partial charge in [-0.05, 0) is 44.0 Å². The molecule has 4 rings (SSSR count). The van der Waals surface area contributed by atoms with Crippen LogP contribution in [0.4, 0.5) is 0 Å². The SMILES string of the molecule is Cl.O=C(OC1CN2CCC1CC2)c1ccccc1. The second-order valence-electron chi connectivity index (χ2n) is 4.95. The molecule has 2 bridgehead atoms. The Balaban J connectivity index is 0.00000120. The third-order valence-electron chi connectivity index (χ3n) is 3.86. The molecule has 0 aromatic heterocycles. The number of carbonyl (C=O) groups excluding carboxylic acids is 1. The average molecular weight is 268 g/mol. The lowest BCUT2D eigenvalue weighted by Gasteiger charge is -2.43. The first-order valence-electron chi connectivity index (χ1n) is 6.31. The maximum Gasteiger partial charge on any atom is 0.338 e. The first-order chi connectivity index (χ1) is 8.33. The van der Waals surface area contributed by atoms with Crippen molar-refractivity contribution in [2.45, 2.75) is 18.9 Å². The molecule has 0 radical (unpaired) electrons. The predicted molar refractivity (Wildman–Crippen MR) is 72.1 cm³/mol. The number of piperidine rings is 3. The Labute approximate surface area is 114 Å². The van der Waals surface area contributed by atoms with Gasteiger partial charge in [0.15, 0.2) is 0 Å². The summed E-state index contributed by atoms with van der Waals surface area (Å²) >= 11 is 0. The normalized spacial score (nSPS) is 29.4. The number of ether oxygens (including phenoxy) is 1. The number of halogens is 1. The number of carbonyl (C=O) groups is 1. The van der Waals surface area contributed by atoms with E-state index in [1.54, 1.807) is 0 Å². The quantitative estimate of drug-likeness (QED) is 0.771. The topological polar surface area (TPSA) is 29.5 Å². The van der Waals surface area contributed by atoms with Crippen molar-refractivity contribution in [3.8, 4) is 0 Å². The molecule has 3 heterocycles. The molecule has 1 atom stereocenters. The van der Waals surface area contributed by atoms with Crippen LogP contribution in [0.1, 0.15) is 23.2 Å². The lowest BCUT2D eigenvalue weighted by atomic mass is 9.86. The van der Waals surface area contributed by atoms with Crippen LogP contribution in [0.5, 0.6) is 0 Å². The average Bonchev–Trinajstić information content (AvgIpc) is 2.41. The van der Waals surface area contributed by atoms with Crippen LogP contribution in [-0.4, -0.2) is 36.6 Å². The van der Waals surface area contributed by atoms with Gasteiger partial charge in [0, 0.05) is 6.54 Å². The molecule has 3 saturated heterocycles. The van der Waals surface area contributed by atoms with Crippen molar-refractivity contribution in [2.24, 2.45) is 5.92 Å². The van der Waals surface area contributed by atoms with Gasteiger partial charge in [0.1, 0.15) is 6.10 Å². The van der Waals surface area contributed by atoms with Crippen molar-refractivity contribution in [2.75, 3.05) is 19.6 Å². The number of rotatable bonds is 2. The minimum absolute atomic E-state index is 0. The van der Waals surface area contributed by atoms with Crippen LogP contribution in [0.3, 0.4) is 0 Å². The summed E-state index contributed by atoms with van der Waals surface area (Å²) in [6.07, 6.45) is 2.45. The molecule has 98 valence electrons. The summed E-state index contributed by atoms with van der Waals surface area (Å²) in [5.74, 6) is 0.400. The van der Waals surface area contributed by atoms with Crippen LogP contribution in [0.25, 0.3) is 0 Å². The van der Waals surface area contributed by atoms with Crippen LogP contribution in [0.2, 0.25) is 0 Å². The Hall–Kier alpha value is -1.06. The van der Waals surface area contributed by atoms with E-state index in [4.69, 9.17) is 4.74 Å². The van der Waals surface area contributed by atoms with Crippen molar-refractivity contribution in [1.29, 1.82) is 0 Å². The van der Waals surface area contributed by atoms with Gasteiger partial charge in [0.05, 0.1) is 5.56 Å². The molecule has 0 amide bonds. The van der Waals surface area contributed by atoms with E-state index < -0.39 is 0 Å². The van der Waals surface area contributed by atoms with E-state index in [-0.39, 0.29) is 24.5 Å². The molecule has 0 spiro atoms. The number of hydrogen-bond donors (Lipinski definition) is 0. The second-order valence-corrected chi connectivity index (χ2v) is 4.95. The molecule has 0 aliphatic carbocycles. The van der Waals surface area contributed by atoms with E-state index in [0.29, 0.717) is 11.5 Å². The third kappa shape index (κ3) is 2.68. The van der Waals surface area contributed by atoms with Crippen molar-refractivity contribution in [1.82, 2.24) is 4.90 Å². The van der Waals surface area contributed by atoms with Crippen molar-refractivity contribution >= 4 is 18.4 Å². The van der Waals surface area contributed by atoms with Gasteiger partial charge in [-0.2, -0.15) is 0 Å². The van der Waals surface area contributed by atoms with Gasteiger partial charge in [-0.25, -0.2) is 4.79 Å². The Morgan fingerprint density at radius 3 is 2.39 bits per heavy atom. The monoisotopic (exact) mass is 267 g/mol. The zero-order chi connectivity index (χ0) is 11.7. The summed E-state index contributed by atoms with van der Waals surface area (Å²) in [6, 6.07) is 9.26. The Bertz CT molecular complexity index is 402. The zero-order valence-corrected chi connectivity index (χ0v) is 11.1. The number of esters is 1. The van der Waals surface area contributed by atoms with Crippen LogP contribution >= 0.6 is 12.4 Å². The molecule has 4 heteroatoms. The van der Waals surface area contributed by atoms with E-state index in [1.165, 1.54) is 25.9 Å². The van der Waals surface area contributed by atoms with Gasteiger partial charge in [0.2, 0.25) is 0 Å². The number of benzene rings is 1. The van der Waals surface area contributed by atoms with Crippen molar-refractivity contribution in [3.05, 3.63) is 35.9 Å². The van der Waals surface area contributed by atoms with E-state index >= 15 is 0 Å². The first-order valence-corrected chi connectivity index (χ1v) is 6.31. The number of fused-ring (bicyclic) bond motifs is 3. The van der Waals surface area contributed by atoms with Crippen LogP contribution in [0, 0.1) is 5.92 Å². The molecule has 1 unspecified atom stereocenters. The molecule has 3 aliphatic heterocycles. The van der Waals surface area contributed by atoms with Crippen LogP contribution < -0.4 is 0 Å². The lowest BCUT2D eigenvalue weighted by Crippen LogP contribution is -2.51. The van der Waals surface area contributed by atoms with Gasteiger partial charge in [-0.1, -0.05) is 18.2 Å². The Morgan fingerprint density at radius 2 is 1.83 bits per heavy atom. The molecule has 1 aromatic carbocycles. The molecule has 3 aliphatic rings. The standard InChI is InChI=1S/C14H17NO2.ClH/c16-14(12-4-2-1-3-5-12)17-13-10-15-8-6-11(13)7-9-15;/h1-5,11,13H,6-10H2;1H. The molecule has 0 saturated carbocycles. The highest BCUT2D eigenvalue weighted by Crippen LogP contribution is 2.29. The van der Waals surface area contributed by atoms with E-state index in [1.807, 2.05) is 30.3 Å². The smallest absolute Gasteiger partial charge is 0.338 e. The highest BCUT2D eigenvalue weighted by atomic mass is 35.5. The van der Waals surface area contributed by atoms with Gasteiger partial charge in [0.25, 0.3) is 0 Å². The summed E-state index contributed by atoms with van der Waals surface area (Å²) in [7, 11) is 0. The fourth-order valence-electron chi connectivity index (χ4n) is 2.82.